The van der Waals surface area contributed by atoms with Crippen LogP contribution in [-0.2, 0) is 0 Å². The smallest absolute Gasteiger partial charge is 0.180 e. The van der Waals surface area contributed by atoms with Crippen LogP contribution in [0.4, 0.5) is 0 Å². The van der Waals surface area contributed by atoms with E-state index in [4.69, 9.17) is 29.3 Å². The van der Waals surface area contributed by atoms with E-state index in [0.29, 0.717) is 28.9 Å². The molecule has 3 heterocycles. The summed E-state index contributed by atoms with van der Waals surface area (Å²) >= 11 is 0. The van der Waals surface area contributed by atoms with E-state index in [0.717, 1.165) is 76.9 Å². The molecule has 0 unspecified atom stereocenters. The molecule has 0 fully saturated rings. The van der Waals surface area contributed by atoms with E-state index in [2.05, 4.69) is 78.9 Å². The zero-order valence-corrected chi connectivity index (χ0v) is 29.4. The highest BCUT2D eigenvalue weighted by atomic mass is 16.3. The van der Waals surface area contributed by atoms with E-state index in [-0.39, 0.29) is 0 Å². The molecule has 0 aliphatic heterocycles. The molecule has 0 amide bonds. The minimum atomic E-state index is 0.568. The SMILES string of the molecule is c1ccc(-c2nc(-c3ccccc3)nc(-c3cc(-c4nc(-c5ccccc5)c5oc6ccccc6c5n4)cc4c5ccccc5c5ccccc5c34)n2)cc1. The first-order chi connectivity index (χ1) is 27.3. The molecule has 0 N–H and O–H groups in total. The molecule has 8 aromatic carbocycles. The van der Waals surface area contributed by atoms with Crippen molar-refractivity contribution < 1.29 is 4.42 Å². The third-order valence-electron chi connectivity index (χ3n) is 10.3. The monoisotopic (exact) mass is 703 g/mol. The van der Waals surface area contributed by atoms with Crippen molar-refractivity contribution in [3.63, 3.8) is 0 Å². The lowest BCUT2D eigenvalue weighted by Crippen LogP contribution is -2.01. The molecule has 0 radical (unpaired) electrons. The van der Waals surface area contributed by atoms with Gasteiger partial charge in [-0.2, -0.15) is 0 Å². The number of benzene rings is 8. The van der Waals surface area contributed by atoms with Crippen molar-refractivity contribution >= 4 is 54.4 Å². The largest absolute Gasteiger partial charge is 0.452 e. The molecular formula is C49H29N5O. The van der Waals surface area contributed by atoms with Crippen LogP contribution in [0.25, 0.3) is 111 Å². The van der Waals surface area contributed by atoms with Crippen molar-refractivity contribution in [3.8, 4) is 56.8 Å². The Kier molecular flexibility index (Phi) is 7.07. The normalized spacial score (nSPS) is 11.6. The molecule has 0 atom stereocenters. The highest BCUT2D eigenvalue weighted by Crippen LogP contribution is 2.43. The lowest BCUT2D eigenvalue weighted by atomic mass is 9.89. The molecular weight excluding hydrogens is 675 g/mol. The van der Waals surface area contributed by atoms with Gasteiger partial charge in [0.1, 0.15) is 16.8 Å². The van der Waals surface area contributed by atoms with Gasteiger partial charge in [-0.1, -0.05) is 152 Å². The van der Waals surface area contributed by atoms with Crippen molar-refractivity contribution in [2.24, 2.45) is 0 Å². The van der Waals surface area contributed by atoms with Crippen LogP contribution in [0.1, 0.15) is 0 Å². The maximum absolute atomic E-state index is 6.46. The molecule has 55 heavy (non-hydrogen) atoms. The zero-order chi connectivity index (χ0) is 36.3. The lowest BCUT2D eigenvalue weighted by Gasteiger charge is -2.16. The predicted octanol–water partition coefficient (Wildman–Crippen LogP) is 12.4. The van der Waals surface area contributed by atoms with E-state index < -0.39 is 0 Å². The van der Waals surface area contributed by atoms with Crippen LogP contribution in [-0.4, -0.2) is 24.9 Å². The summed E-state index contributed by atoms with van der Waals surface area (Å²) in [5, 5.41) is 7.62. The van der Waals surface area contributed by atoms with E-state index in [1.165, 1.54) is 5.39 Å². The number of hydrogen-bond acceptors (Lipinski definition) is 6. The maximum Gasteiger partial charge on any atom is 0.180 e. The fourth-order valence-electron chi connectivity index (χ4n) is 7.78. The highest BCUT2D eigenvalue weighted by Gasteiger charge is 2.22. The Hall–Kier alpha value is -7.57. The summed E-state index contributed by atoms with van der Waals surface area (Å²) in [6, 6.07) is 59.9. The van der Waals surface area contributed by atoms with Gasteiger partial charge in [-0.25, -0.2) is 24.9 Å². The van der Waals surface area contributed by atoms with Gasteiger partial charge in [-0.05, 0) is 51.2 Å². The highest BCUT2D eigenvalue weighted by molar-refractivity contribution is 6.28. The summed E-state index contributed by atoms with van der Waals surface area (Å²) in [6.07, 6.45) is 0. The lowest BCUT2D eigenvalue weighted by molar-refractivity contribution is 0.667. The van der Waals surface area contributed by atoms with Crippen molar-refractivity contribution in [2.75, 3.05) is 0 Å². The topological polar surface area (TPSA) is 77.6 Å². The summed E-state index contributed by atoms with van der Waals surface area (Å²) in [5.41, 5.74) is 7.41. The first kappa shape index (κ1) is 31.0. The second-order valence-corrected chi connectivity index (χ2v) is 13.6. The molecule has 6 nitrogen and oxygen atoms in total. The number of nitrogens with zero attached hydrogens (tertiary/aromatic N) is 5. The van der Waals surface area contributed by atoms with Gasteiger partial charge in [0.25, 0.3) is 0 Å². The first-order valence-corrected chi connectivity index (χ1v) is 18.3. The van der Waals surface area contributed by atoms with Crippen molar-refractivity contribution in [1.29, 1.82) is 0 Å². The van der Waals surface area contributed by atoms with E-state index >= 15 is 0 Å². The predicted molar refractivity (Wildman–Crippen MR) is 222 cm³/mol. The fraction of sp³-hybridized carbons (Fsp3) is 0. The molecule has 0 saturated heterocycles. The summed E-state index contributed by atoms with van der Waals surface area (Å²) in [7, 11) is 0. The Balaban J connectivity index is 1.28. The molecule has 0 spiro atoms. The summed E-state index contributed by atoms with van der Waals surface area (Å²) in [4.78, 5) is 26.1. The first-order valence-electron chi connectivity index (χ1n) is 18.3. The Morgan fingerprint density at radius 1 is 0.327 bits per heavy atom. The minimum Gasteiger partial charge on any atom is -0.452 e. The molecule has 11 aromatic rings. The fourth-order valence-corrected chi connectivity index (χ4v) is 7.78. The van der Waals surface area contributed by atoms with Crippen LogP contribution in [0.2, 0.25) is 0 Å². The molecule has 3 aromatic heterocycles. The van der Waals surface area contributed by atoms with Crippen molar-refractivity contribution in [2.45, 2.75) is 0 Å². The Morgan fingerprint density at radius 3 is 1.44 bits per heavy atom. The quantitative estimate of drug-likeness (QED) is 0.166. The van der Waals surface area contributed by atoms with Gasteiger partial charge in [-0.15, -0.1) is 0 Å². The Labute approximate surface area is 315 Å². The van der Waals surface area contributed by atoms with Gasteiger partial charge in [0.2, 0.25) is 0 Å². The van der Waals surface area contributed by atoms with Gasteiger partial charge in [-0.3, -0.25) is 0 Å². The Morgan fingerprint density at radius 2 is 0.800 bits per heavy atom. The Bertz CT molecular complexity index is 3190. The number of aromatic nitrogens is 5. The van der Waals surface area contributed by atoms with Crippen molar-refractivity contribution in [1.82, 2.24) is 24.9 Å². The van der Waals surface area contributed by atoms with Crippen LogP contribution in [0, 0.1) is 0 Å². The second-order valence-electron chi connectivity index (χ2n) is 13.6. The second kappa shape index (κ2) is 12.5. The van der Waals surface area contributed by atoms with Gasteiger partial charge >= 0.3 is 0 Å². The average Bonchev–Trinajstić information content (AvgIpc) is 3.65. The number of furan rings is 1. The van der Waals surface area contributed by atoms with Crippen LogP contribution in [0.3, 0.4) is 0 Å². The molecule has 0 aliphatic carbocycles. The number of fused-ring (bicyclic) bond motifs is 9. The molecule has 0 bridgehead atoms. The summed E-state index contributed by atoms with van der Waals surface area (Å²) in [5.74, 6) is 2.35. The third kappa shape index (κ3) is 5.15. The average molecular weight is 704 g/mol. The van der Waals surface area contributed by atoms with Gasteiger partial charge < -0.3 is 4.42 Å². The van der Waals surface area contributed by atoms with Crippen molar-refractivity contribution in [3.05, 3.63) is 176 Å². The summed E-state index contributed by atoms with van der Waals surface area (Å²) < 4.78 is 6.46. The number of para-hydroxylation sites is 1. The van der Waals surface area contributed by atoms with E-state index in [1.54, 1.807) is 0 Å². The molecule has 6 heteroatoms. The molecule has 0 saturated carbocycles. The molecule has 11 rings (SSSR count). The molecule has 256 valence electrons. The minimum absolute atomic E-state index is 0.568. The van der Waals surface area contributed by atoms with Crippen LogP contribution in [0.15, 0.2) is 180 Å². The van der Waals surface area contributed by atoms with Gasteiger partial charge in [0, 0.05) is 38.6 Å². The molecule has 0 aliphatic rings. The maximum atomic E-state index is 6.46. The van der Waals surface area contributed by atoms with E-state index in [9.17, 15) is 0 Å². The van der Waals surface area contributed by atoms with Crippen LogP contribution < -0.4 is 0 Å². The van der Waals surface area contributed by atoms with Gasteiger partial charge in [0.05, 0.1) is 0 Å². The summed E-state index contributed by atoms with van der Waals surface area (Å²) in [6.45, 7) is 0. The van der Waals surface area contributed by atoms with Crippen LogP contribution >= 0.6 is 0 Å². The number of hydrogen-bond donors (Lipinski definition) is 0. The number of rotatable bonds is 5. The third-order valence-corrected chi connectivity index (χ3v) is 10.3. The zero-order valence-electron chi connectivity index (χ0n) is 29.4. The van der Waals surface area contributed by atoms with E-state index in [1.807, 2.05) is 97.1 Å². The standard InChI is InChI=1S/C49H29N5O/c1-4-16-30(17-5-1)43-45-44(38-26-14-15-27-41(38)55-45)51-48(50-43)33-28-39-36-24-11-10-22-34(36)35-23-12-13-25-37(35)42(39)40(29-33)49-53-46(31-18-6-2-7-19-31)52-47(54-49)32-20-8-3-9-21-32/h1-29H. The van der Waals surface area contributed by atoms with Gasteiger partial charge in [0.15, 0.2) is 28.9 Å². The van der Waals surface area contributed by atoms with Crippen LogP contribution in [0.5, 0.6) is 0 Å².